The summed E-state index contributed by atoms with van der Waals surface area (Å²) in [5, 5.41) is 0. The summed E-state index contributed by atoms with van der Waals surface area (Å²) in [4.78, 5) is 0. The van der Waals surface area contributed by atoms with Gasteiger partial charge in [-0.1, -0.05) is 134 Å². The summed E-state index contributed by atoms with van der Waals surface area (Å²) in [6.07, 6.45) is 2.13. The summed E-state index contributed by atoms with van der Waals surface area (Å²) in [5.74, 6) is 0. The van der Waals surface area contributed by atoms with Crippen LogP contribution in [-0.4, -0.2) is 11.4 Å². The summed E-state index contributed by atoms with van der Waals surface area (Å²) in [6.45, 7) is 13.7. The summed E-state index contributed by atoms with van der Waals surface area (Å²) in [7, 11) is 14.8. The Hall–Kier alpha value is -0.758. The lowest BCUT2D eigenvalue weighted by Crippen LogP contribution is -2.11. The first-order valence-corrected chi connectivity index (χ1v) is 20.2. The third-order valence-corrected chi connectivity index (χ3v) is 8.71. The maximum Gasteiger partial charge on any atom is 0.643 e. The Morgan fingerprint density at radius 2 is 1.07 bits per heavy atom. The Balaban J connectivity index is 0.000000175. The highest BCUT2D eigenvalue weighted by molar-refractivity contribution is 9.11. The number of halogens is 5. The molecular formula is C34H34AlBr2Cl3. The fraction of sp³-hybridized carbons (Fsp3) is 0.294. The molecule has 2 aliphatic carbocycles. The number of hydrogen-bond donors (Lipinski definition) is 0. The molecule has 0 spiro atoms. The lowest BCUT2D eigenvalue weighted by molar-refractivity contribution is 0.589. The average Bonchev–Trinajstić information content (AvgIpc) is 3.41. The van der Waals surface area contributed by atoms with Gasteiger partial charge in [0.2, 0.25) is 0 Å². The first-order chi connectivity index (χ1) is 18.7. The minimum atomic E-state index is -1.72. The van der Waals surface area contributed by atoms with Crippen LogP contribution in [0.15, 0.2) is 81.7 Å². The Labute approximate surface area is 273 Å². The highest BCUT2D eigenvalue weighted by Gasteiger charge is 2.26. The van der Waals surface area contributed by atoms with E-state index in [2.05, 4.69) is 146 Å². The minimum absolute atomic E-state index is 0.183. The Kier molecular flexibility index (Phi) is 10.3. The molecule has 0 atom stereocenters. The summed E-state index contributed by atoms with van der Waals surface area (Å²) in [5.41, 5.74) is 14.6. The first kappa shape index (κ1) is 32.2. The van der Waals surface area contributed by atoms with Gasteiger partial charge in [-0.25, -0.2) is 30.1 Å². The molecule has 208 valence electrons. The number of rotatable bonds is 0. The van der Waals surface area contributed by atoms with Crippen molar-refractivity contribution in [3.63, 3.8) is 0 Å². The zero-order valence-corrected chi connectivity index (χ0v) is 30.4. The molecule has 0 aliphatic heterocycles. The molecule has 6 heteroatoms. The van der Waals surface area contributed by atoms with Crippen molar-refractivity contribution in [2.45, 2.75) is 65.2 Å². The Morgan fingerprint density at radius 3 is 1.73 bits per heavy atom. The van der Waals surface area contributed by atoms with Gasteiger partial charge in [0, 0.05) is 8.95 Å². The van der Waals surface area contributed by atoms with Crippen molar-refractivity contribution in [1.29, 1.82) is 0 Å². The van der Waals surface area contributed by atoms with Crippen molar-refractivity contribution in [1.82, 2.24) is 0 Å². The van der Waals surface area contributed by atoms with Gasteiger partial charge in [0.05, 0.1) is 0 Å². The molecule has 0 saturated carbocycles. The molecule has 40 heavy (non-hydrogen) atoms. The third kappa shape index (κ3) is 7.41. The van der Waals surface area contributed by atoms with Gasteiger partial charge in [-0.05, 0) is 91.4 Å². The molecule has 0 fully saturated rings. The van der Waals surface area contributed by atoms with Crippen LogP contribution in [0.2, 0.25) is 0 Å². The molecule has 0 saturated heterocycles. The van der Waals surface area contributed by atoms with E-state index in [9.17, 15) is 0 Å². The normalized spacial score (nSPS) is 12.7. The molecule has 0 amide bonds. The molecule has 0 aromatic heterocycles. The van der Waals surface area contributed by atoms with E-state index < -0.39 is 11.4 Å². The third-order valence-electron chi connectivity index (χ3n) is 7.43. The molecule has 6 rings (SSSR count). The number of benzene rings is 4. The lowest BCUT2D eigenvalue weighted by Gasteiger charge is -2.21. The van der Waals surface area contributed by atoms with Crippen LogP contribution in [0.4, 0.5) is 0 Å². The quantitative estimate of drug-likeness (QED) is 0.136. The molecule has 0 heterocycles. The van der Waals surface area contributed by atoms with Gasteiger partial charge in [0.15, 0.2) is 0 Å². The van der Waals surface area contributed by atoms with Gasteiger partial charge in [0.1, 0.15) is 0 Å². The Morgan fingerprint density at radius 1 is 0.550 bits per heavy atom. The summed E-state index contributed by atoms with van der Waals surface area (Å²) < 4.78 is 2.44. The van der Waals surface area contributed by atoms with Crippen LogP contribution >= 0.6 is 62.0 Å². The summed E-state index contributed by atoms with van der Waals surface area (Å²) in [6, 6.07) is 26.7. The fourth-order valence-corrected chi connectivity index (χ4v) is 6.67. The fourth-order valence-electron chi connectivity index (χ4n) is 5.33. The monoisotopic (exact) mass is 732 g/mol. The van der Waals surface area contributed by atoms with E-state index in [4.69, 9.17) is 30.1 Å². The zero-order chi connectivity index (χ0) is 29.4. The molecule has 4 aromatic carbocycles. The van der Waals surface area contributed by atoms with E-state index in [1.165, 1.54) is 64.6 Å². The molecule has 2 aliphatic rings. The topological polar surface area (TPSA) is 0 Å². The SMILES string of the molecule is Brc1cccc2c1-c1ccccc1C2.CC(C)(C)c1ccc2c(c1)Cc1cc(C(C)(C)C)cc(Br)c1-2.[Cl][Al]([Cl])[Cl]. The van der Waals surface area contributed by atoms with E-state index in [0.29, 0.717) is 0 Å². The van der Waals surface area contributed by atoms with E-state index in [1.807, 2.05) is 0 Å². The Bertz CT molecular complexity index is 1530. The maximum absolute atomic E-state index is 4.94. The van der Waals surface area contributed by atoms with Gasteiger partial charge >= 0.3 is 11.4 Å². The standard InChI is InChI=1S/C21H25Br.C13H9Br.Al.3ClH/c1-20(2,3)15-7-8-17-13(10-15)9-14-11-16(21(4,5)6)12-18(22)19(14)17;14-12-7-3-5-10-8-9-4-1-2-6-11(9)13(10)12;;;;/h7-8,10-12H,9H2,1-6H3;1-7H,8H2;;3*1H/q;;+3;;;/p-3. The van der Waals surface area contributed by atoms with Crippen molar-refractivity contribution in [2.75, 3.05) is 0 Å². The molecule has 4 aromatic rings. The van der Waals surface area contributed by atoms with Gasteiger partial charge in [-0.2, -0.15) is 0 Å². The molecule has 0 radical (unpaired) electrons. The van der Waals surface area contributed by atoms with Crippen molar-refractivity contribution in [3.05, 3.63) is 115 Å². The average molecular weight is 736 g/mol. The van der Waals surface area contributed by atoms with E-state index in [-0.39, 0.29) is 10.8 Å². The molecule has 0 unspecified atom stereocenters. The van der Waals surface area contributed by atoms with E-state index >= 15 is 0 Å². The van der Waals surface area contributed by atoms with Crippen LogP contribution in [-0.2, 0) is 23.7 Å². The highest BCUT2D eigenvalue weighted by Crippen LogP contribution is 2.45. The van der Waals surface area contributed by atoms with Crippen LogP contribution in [0.5, 0.6) is 0 Å². The van der Waals surface area contributed by atoms with Crippen LogP contribution in [0.1, 0.15) is 74.9 Å². The zero-order valence-electron chi connectivity index (χ0n) is 23.8. The second-order valence-corrected chi connectivity index (χ2v) is 20.5. The van der Waals surface area contributed by atoms with Crippen LogP contribution in [0, 0.1) is 0 Å². The smallest absolute Gasteiger partial charge is 0.214 e. The van der Waals surface area contributed by atoms with Gasteiger partial charge in [0.25, 0.3) is 0 Å². The van der Waals surface area contributed by atoms with Crippen LogP contribution in [0.3, 0.4) is 0 Å². The van der Waals surface area contributed by atoms with Crippen LogP contribution in [0.25, 0.3) is 22.3 Å². The second-order valence-electron chi connectivity index (χ2n) is 12.4. The summed E-state index contributed by atoms with van der Waals surface area (Å²) >= 11 is 5.71. The maximum atomic E-state index is 4.94. The first-order valence-electron chi connectivity index (χ1n) is 13.4. The van der Waals surface area contributed by atoms with Crippen molar-refractivity contribution in [2.24, 2.45) is 0 Å². The van der Waals surface area contributed by atoms with Crippen molar-refractivity contribution >= 4 is 73.4 Å². The predicted octanol–water partition coefficient (Wildman–Crippen LogP) is 12.3. The van der Waals surface area contributed by atoms with Crippen molar-refractivity contribution in [3.8, 4) is 22.3 Å². The van der Waals surface area contributed by atoms with Gasteiger partial charge in [-0.15, -0.1) is 0 Å². The van der Waals surface area contributed by atoms with E-state index in [1.54, 1.807) is 0 Å². The largest absolute Gasteiger partial charge is 0.643 e. The molecule has 0 bridgehead atoms. The lowest BCUT2D eigenvalue weighted by atomic mass is 9.85. The molecular weight excluding hydrogens is 702 g/mol. The van der Waals surface area contributed by atoms with Crippen LogP contribution < -0.4 is 0 Å². The highest BCUT2D eigenvalue weighted by atomic mass is 79.9. The molecule has 0 N–H and O–H groups in total. The second kappa shape index (κ2) is 12.9. The minimum Gasteiger partial charge on any atom is -0.214 e. The number of hydrogen-bond acceptors (Lipinski definition) is 0. The van der Waals surface area contributed by atoms with Crippen molar-refractivity contribution < 1.29 is 0 Å². The number of fused-ring (bicyclic) bond motifs is 6. The molecule has 0 nitrogen and oxygen atoms in total. The van der Waals surface area contributed by atoms with Gasteiger partial charge in [-0.3, -0.25) is 0 Å². The van der Waals surface area contributed by atoms with Gasteiger partial charge < -0.3 is 0 Å². The predicted molar refractivity (Wildman–Crippen MR) is 185 cm³/mol. The van der Waals surface area contributed by atoms with E-state index in [0.717, 1.165) is 12.8 Å².